The Labute approximate surface area is 233 Å². The highest BCUT2D eigenvalue weighted by Crippen LogP contribution is 2.37. The molecular formula is C36H28N3P+2. The summed E-state index contributed by atoms with van der Waals surface area (Å²) in [4.78, 5) is 0. The lowest BCUT2D eigenvalue weighted by Crippen LogP contribution is -2.26. The maximum Gasteiger partial charge on any atom is 0.450 e. The van der Waals surface area contributed by atoms with Crippen LogP contribution >= 0.6 is 7.66 Å². The monoisotopic (exact) mass is 533 g/mol. The average Bonchev–Trinajstić information content (AvgIpc) is 3.37. The van der Waals surface area contributed by atoms with Crippen molar-refractivity contribution >= 4 is 45.6 Å². The smallest absolute Gasteiger partial charge is 0.309 e. The van der Waals surface area contributed by atoms with Crippen molar-refractivity contribution in [2.24, 2.45) is 0 Å². The number of aromatic nitrogens is 3. The van der Waals surface area contributed by atoms with Gasteiger partial charge in [-0.2, -0.15) is 0 Å². The van der Waals surface area contributed by atoms with Gasteiger partial charge in [0.25, 0.3) is 0 Å². The minimum Gasteiger partial charge on any atom is -0.309 e. The maximum atomic E-state index is 2.52. The van der Waals surface area contributed by atoms with Crippen LogP contribution in [0.3, 0.4) is 0 Å². The normalized spacial score (nSPS) is 12.2. The molecule has 40 heavy (non-hydrogen) atoms. The van der Waals surface area contributed by atoms with Gasteiger partial charge in [0, 0.05) is 30.0 Å². The van der Waals surface area contributed by atoms with E-state index in [1.165, 1.54) is 60.3 Å². The van der Waals surface area contributed by atoms with Crippen LogP contribution < -0.4 is 8.33 Å². The van der Waals surface area contributed by atoms with Gasteiger partial charge in [-0.05, 0) is 71.6 Å². The summed E-state index contributed by atoms with van der Waals surface area (Å²) in [5, 5.41) is 4.00. The van der Waals surface area contributed by atoms with Crippen LogP contribution in [0.4, 0.5) is 0 Å². The Morgan fingerprint density at radius 3 is 1.85 bits per heavy atom. The molecule has 0 saturated carbocycles. The molecule has 3 nitrogen and oxygen atoms in total. The van der Waals surface area contributed by atoms with Crippen LogP contribution in [0.1, 0.15) is 12.5 Å². The van der Waals surface area contributed by atoms with Gasteiger partial charge in [-0.25, -0.2) is 0 Å². The number of hydrogen-bond acceptors (Lipinski definition) is 0. The summed E-state index contributed by atoms with van der Waals surface area (Å²) in [6.45, 7) is 2.28. The zero-order valence-electron chi connectivity index (χ0n) is 22.3. The van der Waals surface area contributed by atoms with Crippen LogP contribution in [-0.4, -0.2) is 4.57 Å². The predicted octanol–water partition coefficient (Wildman–Crippen LogP) is 8.49. The van der Waals surface area contributed by atoms with Crippen molar-refractivity contribution in [2.45, 2.75) is 13.3 Å². The number of hydrogen-bond donors (Lipinski definition) is 0. The molecule has 0 saturated heterocycles. The third-order valence-corrected chi connectivity index (χ3v) is 10.5. The SMILES string of the molecule is CCc1c2cccc1n(-c1ccc(-c3ccccc3)cc1)c1cccc3c4cccc[n+]4p(c31)[n+]1ccccc21. The topological polar surface area (TPSA) is 13.1 Å². The highest BCUT2D eigenvalue weighted by molar-refractivity contribution is 7.38. The molecule has 0 aliphatic heterocycles. The molecule has 0 aliphatic rings. The van der Waals surface area contributed by atoms with Gasteiger partial charge in [0.15, 0.2) is 17.5 Å². The third-order valence-electron chi connectivity index (χ3n) is 8.07. The molecule has 8 aromatic rings. The zero-order valence-corrected chi connectivity index (χ0v) is 23.2. The summed E-state index contributed by atoms with van der Waals surface area (Å²) >= 11 is 0. The van der Waals surface area contributed by atoms with Gasteiger partial charge in [-0.1, -0.05) is 61.5 Å². The first-order valence-electron chi connectivity index (χ1n) is 13.9. The number of pyridine rings is 2. The van der Waals surface area contributed by atoms with Crippen molar-refractivity contribution in [2.75, 3.05) is 0 Å². The Kier molecular flexibility index (Phi) is 5.33. The van der Waals surface area contributed by atoms with Crippen molar-refractivity contribution in [1.29, 1.82) is 0 Å². The number of benzene rings is 4. The van der Waals surface area contributed by atoms with Gasteiger partial charge in [-0.15, -0.1) is 8.33 Å². The average molecular weight is 534 g/mol. The summed E-state index contributed by atoms with van der Waals surface area (Å²) in [7, 11) is -0.896. The van der Waals surface area contributed by atoms with E-state index in [1.54, 1.807) is 0 Å². The van der Waals surface area contributed by atoms with E-state index in [2.05, 4.69) is 160 Å². The molecular weight excluding hydrogens is 505 g/mol. The Morgan fingerprint density at radius 1 is 0.550 bits per heavy atom. The van der Waals surface area contributed by atoms with Crippen molar-refractivity contribution in [1.82, 2.24) is 4.57 Å². The molecule has 0 amide bonds. The van der Waals surface area contributed by atoms with Gasteiger partial charge in [0.1, 0.15) is 0 Å². The molecule has 0 N–H and O–H groups in total. The second-order valence-electron chi connectivity index (χ2n) is 10.2. The lowest BCUT2D eigenvalue weighted by atomic mass is 10.0. The third kappa shape index (κ3) is 3.38. The Bertz CT molecular complexity index is 2240. The van der Waals surface area contributed by atoms with Crippen molar-refractivity contribution < 1.29 is 8.33 Å². The lowest BCUT2D eigenvalue weighted by Gasteiger charge is -2.15. The second-order valence-corrected chi connectivity index (χ2v) is 12.1. The van der Waals surface area contributed by atoms with Crippen molar-refractivity contribution in [3.8, 4) is 16.8 Å². The largest absolute Gasteiger partial charge is 0.450 e. The van der Waals surface area contributed by atoms with Gasteiger partial charge < -0.3 is 4.57 Å². The van der Waals surface area contributed by atoms with E-state index >= 15 is 0 Å². The number of rotatable bonds is 3. The van der Waals surface area contributed by atoms with Crippen LogP contribution in [0.5, 0.6) is 0 Å². The number of nitrogens with zero attached hydrogens (tertiary/aromatic N) is 3. The molecule has 0 spiro atoms. The fourth-order valence-electron chi connectivity index (χ4n) is 6.31. The highest BCUT2D eigenvalue weighted by Gasteiger charge is 2.28. The quantitative estimate of drug-likeness (QED) is 0.216. The summed E-state index contributed by atoms with van der Waals surface area (Å²) in [5.74, 6) is 0. The fraction of sp³-hybridized carbons (Fsp3) is 0.0556. The highest BCUT2D eigenvalue weighted by atomic mass is 31.1. The van der Waals surface area contributed by atoms with Crippen LogP contribution in [0.15, 0.2) is 140 Å². The van der Waals surface area contributed by atoms with E-state index in [0.29, 0.717) is 0 Å². The van der Waals surface area contributed by atoms with Gasteiger partial charge in [0.05, 0.1) is 21.8 Å². The first-order valence-corrected chi connectivity index (χ1v) is 15.1. The Hall–Kier alpha value is -4.72. The van der Waals surface area contributed by atoms with Crippen LogP contribution in [0.2, 0.25) is 0 Å². The minimum atomic E-state index is -0.896. The predicted molar refractivity (Wildman–Crippen MR) is 166 cm³/mol. The zero-order chi connectivity index (χ0) is 26.6. The van der Waals surface area contributed by atoms with Crippen molar-refractivity contribution in [3.05, 3.63) is 145 Å². The Balaban J connectivity index is 1.64. The van der Waals surface area contributed by atoms with Gasteiger partial charge in [-0.3, -0.25) is 0 Å². The summed E-state index contributed by atoms with van der Waals surface area (Å²) in [6, 6.07) is 46.5. The molecule has 0 fully saturated rings. The number of fused-ring (bicyclic) bond motifs is 8. The van der Waals surface area contributed by atoms with Gasteiger partial charge in [0.2, 0.25) is 11.0 Å². The van der Waals surface area contributed by atoms with E-state index in [-0.39, 0.29) is 0 Å². The molecule has 190 valence electrons. The molecule has 1 atom stereocenters. The van der Waals surface area contributed by atoms with E-state index in [0.717, 1.165) is 6.42 Å². The minimum absolute atomic E-state index is 0.896. The number of aryl methyl sites for hydroxylation is 1. The van der Waals surface area contributed by atoms with Gasteiger partial charge >= 0.3 is 7.66 Å². The first kappa shape index (κ1) is 23.2. The van der Waals surface area contributed by atoms with Crippen LogP contribution in [0.25, 0.3) is 54.8 Å². The molecule has 0 radical (unpaired) electrons. The molecule has 4 aromatic heterocycles. The van der Waals surface area contributed by atoms with Crippen molar-refractivity contribution in [3.63, 3.8) is 0 Å². The molecule has 1 unspecified atom stereocenters. The molecule has 4 aromatic carbocycles. The van der Waals surface area contributed by atoms with Crippen LogP contribution in [-0.2, 0) is 6.42 Å². The fourth-order valence-corrected chi connectivity index (χ4v) is 8.90. The second kappa shape index (κ2) is 9.19. The van der Waals surface area contributed by atoms with E-state index in [4.69, 9.17) is 0 Å². The molecule has 2 bridgehead atoms. The summed E-state index contributed by atoms with van der Waals surface area (Å²) in [5.41, 5.74) is 10.0. The maximum absolute atomic E-state index is 2.52. The standard InChI is InChI=1S/C36H28N3P/c1-2-29-30-14-10-18-34(29)39(28-22-20-27(21-23-28)26-12-4-3-5-13-26)35-19-11-15-31-33-17-7-9-25-38(33)40(36(31)35)37-24-8-6-16-32(30)37/h3-25H,2H2,1H3/q+2. The van der Waals surface area contributed by atoms with E-state index in [1.807, 2.05) is 0 Å². The molecule has 4 heteroatoms. The first-order chi connectivity index (χ1) is 19.8. The summed E-state index contributed by atoms with van der Waals surface area (Å²) < 4.78 is 7.52. The molecule has 8 rings (SSSR count). The van der Waals surface area contributed by atoms with Crippen LogP contribution in [0, 0.1) is 0 Å². The summed E-state index contributed by atoms with van der Waals surface area (Å²) in [6.07, 6.45) is 5.46. The molecule has 4 heterocycles. The molecule has 0 aliphatic carbocycles. The Morgan fingerprint density at radius 2 is 1.15 bits per heavy atom. The van der Waals surface area contributed by atoms with E-state index in [9.17, 15) is 0 Å². The lowest BCUT2D eigenvalue weighted by molar-refractivity contribution is -0.510. The van der Waals surface area contributed by atoms with E-state index < -0.39 is 7.66 Å².